The second-order valence-electron chi connectivity index (χ2n) is 3.79. The van der Waals surface area contributed by atoms with Gasteiger partial charge < -0.3 is 9.55 Å². The molecular formula is C11H13N3. The standard InChI is InChI=1S/C11H13N3/c1-2-8-7-10-9(3-4-12-10)11-13-5-6-14(8)11/h3-6,8,12H,2,7H2,1H3/t8-/m1/s1. The second kappa shape index (κ2) is 2.74. The Bertz CT molecular complexity index is 453. The number of rotatable bonds is 1. The zero-order chi connectivity index (χ0) is 9.54. The lowest BCUT2D eigenvalue weighted by Crippen LogP contribution is -2.16. The van der Waals surface area contributed by atoms with E-state index < -0.39 is 0 Å². The summed E-state index contributed by atoms with van der Waals surface area (Å²) in [5.74, 6) is 1.11. The molecule has 0 bridgehead atoms. The number of nitrogens with one attached hydrogen (secondary N) is 1. The van der Waals surface area contributed by atoms with Crippen LogP contribution in [0.15, 0.2) is 24.7 Å². The maximum absolute atomic E-state index is 4.41. The average molecular weight is 187 g/mol. The summed E-state index contributed by atoms with van der Waals surface area (Å²) in [6.07, 6.45) is 8.23. The van der Waals surface area contributed by atoms with Crippen molar-refractivity contribution in [2.45, 2.75) is 25.8 Å². The highest BCUT2D eigenvalue weighted by molar-refractivity contribution is 5.61. The monoisotopic (exact) mass is 187 g/mol. The molecule has 2 aromatic heterocycles. The number of nitrogens with zero attached hydrogens (tertiary/aromatic N) is 2. The number of imidazole rings is 1. The van der Waals surface area contributed by atoms with Gasteiger partial charge in [0.15, 0.2) is 0 Å². The molecule has 1 aliphatic heterocycles. The third-order valence-electron chi connectivity index (χ3n) is 3.05. The molecular weight excluding hydrogens is 174 g/mol. The molecule has 2 aromatic rings. The fourth-order valence-corrected chi connectivity index (χ4v) is 2.27. The molecule has 0 radical (unpaired) electrons. The number of aromatic amines is 1. The molecule has 0 fully saturated rings. The van der Waals surface area contributed by atoms with Gasteiger partial charge in [0.1, 0.15) is 5.82 Å². The highest BCUT2D eigenvalue weighted by Gasteiger charge is 2.23. The van der Waals surface area contributed by atoms with Crippen molar-refractivity contribution in [1.29, 1.82) is 0 Å². The molecule has 1 aliphatic rings. The van der Waals surface area contributed by atoms with E-state index in [0.29, 0.717) is 6.04 Å². The smallest absolute Gasteiger partial charge is 0.141 e. The van der Waals surface area contributed by atoms with E-state index in [0.717, 1.165) is 18.7 Å². The summed E-state index contributed by atoms with van der Waals surface area (Å²) in [6.45, 7) is 2.22. The first-order valence-corrected chi connectivity index (χ1v) is 5.09. The minimum atomic E-state index is 0.568. The molecule has 0 unspecified atom stereocenters. The van der Waals surface area contributed by atoms with Crippen molar-refractivity contribution >= 4 is 0 Å². The lowest BCUT2D eigenvalue weighted by molar-refractivity contribution is 0.473. The van der Waals surface area contributed by atoms with E-state index in [9.17, 15) is 0 Å². The predicted molar refractivity (Wildman–Crippen MR) is 55.0 cm³/mol. The minimum absolute atomic E-state index is 0.568. The molecule has 0 aliphatic carbocycles. The highest BCUT2D eigenvalue weighted by atomic mass is 15.1. The number of fused-ring (bicyclic) bond motifs is 3. The molecule has 1 N–H and O–H groups in total. The van der Waals surface area contributed by atoms with E-state index >= 15 is 0 Å². The van der Waals surface area contributed by atoms with Crippen LogP contribution in [0.3, 0.4) is 0 Å². The van der Waals surface area contributed by atoms with Crippen molar-refractivity contribution in [3.8, 4) is 11.4 Å². The van der Waals surface area contributed by atoms with E-state index in [2.05, 4.69) is 33.7 Å². The van der Waals surface area contributed by atoms with Crippen molar-refractivity contribution in [2.24, 2.45) is 0 Å². The van der Waals surface area contributed by atoms with Crippen molar-refractivity contribution < 1.29 is 0 Å². The summed E-state index contributed by atoms with van der Waals surface area (Å²) >= 11 is 0. The molecule has 3 heteroatoms. The number of aromatic nitrogens is 3. The van der Waals surface area contributed by atoms with Crippen molar-refractivity contribution in [3.63, 3.8) is 0 Å². The Morgan fingerprint density at radius 2 is 2.57 bits per heavy atom. The molecule has 72 valence electrons. The SMILES string of the molecule is CC[C@@H]1Cc2[nH]ccc2-c2nccn21. The molecule has 0 spiro atoms. The number of H-pyrrole nitrogens is 1. The topological polar surface area (TPSA) is 33.6 Å². The summed E-state index contributed by atoms with van der Waals surface area (Å²) in [4.78, 5) is 7.71. The van der Waals surface area contributed by atoms with Crippen LogP contribution in [0.2, 0.25) is 0 Å². The summed E-state index contributed by atoms with van der Waals surface area (Å²) in [7, 11) is 0. The Labute approximate surface area is 82.8 Å². The predicted octanol–water partition coefficient (Wildman–Crippen LogP) is 2.39. The average Bonchev–Trinajstić information content (AvgIpc) is 2.83. The zero-order valence-electron chi connectivity index (χ0n) is 8.20. The van der Waals surface area contributed by atoms with Crippen molar-refractivity contribution in [2.75, 3.05) is 0 Å². The summed E-state index contributed by atoms with van der Waals surface area (Å²) in [6, 6.07) is 2.68. The maximum Gasteiger partial charge on any atom is 0.141 e. The van der Waals surface area contributed by atoms with Gasteiger partial charge in [-0.2, -0.15) is 0 Å². The Balaban J connectivity index is 2.22. The van der Waals surface area contributed by atoms with E-state index in [1.165, 1.54) is 11.3 Å². The minimum Gasteiger partial charge on any atom is -0.364 e. The molecule has 0 amide bonds. The van der Waals surface area contributed by atoms with Gasteiger partial charge in [0.25, 0.3) is 0 Å². The van der Waals surface area contributed by atoms with Crippen LogP contribution in [-0.2, 0) is 6.42 Å². The molecule has 0 saturated heterocycles. The highest BCUT2D eigenvalue weighted by Crippen LogP contribution is 2.33. The molecule has 0 aromatic carbocycles. The first-order valence-electron chi connectivity index (χ1n) is 5.09. The van der Waals surface area contributed by atoms with E-state index in [4.69, 9.17) is 0 Å². The zero-order valence-corrected chi connectivity index (χ0v) is 8.20. The van der Waals surface area contributed by atoms with Crippen LogP contribution < -0.4 is 0 Å². The van der Waals surface area contributed by atoms with E-state index in [1.807, 2.05) is 12.4 Å². The van der Waals surface area contributed by atoms with Crippen LogP contribution in [0.25, 0.3) is 11.4 Å². The van der Waals surface area contributed by atoms with Gasteiger partial charge in [-0.1, -0.05) is 6.92 Å². The third-order valence-corrected chi connectivity index (χ3v) is 3.05. The molecule has 0 saturated carbocycles. The first kappa shape index (κ1) is 7.85. The Hall–Kier alpha value is -1.51. The van der Waals surface area contributed by atoms with Crippen molar-refractivity contribution in [1.82, 2.24) is 14.5 Å². The fraction of sp³-hybridized carbons (Fsp3) is 0.364. The third kappa shape index (κ3) is 0.895. The Morgan fingerprint density at radius 1 is 1.64 bits per heavy atom. The maximum atomic E-state index is 4.41. The normalized spacial score (nSPS) is 19.1. The van der Waals surface area contributed by atoms with Crippen LogP contribution in [0.4, 0.5) is 0 Å². The van der Waals surface area contributed by atoms with E-state index in [-0.39, 0.29) is 0 Å². The van der Waals surface area contributed by atoms with Crippen LogP contribution in [-0.4, -0.2) is 14.5 Å². The lowest BCUT2D eigenvalue weighted by atomic mass is 10.0. The van der Waals surface area contributed by atoms with Gasteiger partial charge in [-0.3, -0.25) is 0 Å². The van der Waals surface area contributed by atoms with Gasteiger partial charge >= 0.3 is 0 Å². The fourth-order valence-electron chi connectivity index (χ4n) is 2.27. The van der Waals surface area contributed by atoms with Gasteiger partial charge in [0.2, 0.25) is 0 Å². The number of hydrogen-bond acceptors (Lipinski definition) is 1. The van der Waals surface area contributed by atoms with Gasteiger partial charge in [-0.25, -0.2) is 4.98 Å². The lowest BCUT2D eigenvalue weighted by Gasteiger charge is -2.24. The summed E-state index contributed by atoms with van der Waals surface area (Å²) < 4.78 is 2.29. The van der Waals surface area contributed by atoms with Crippen LogP contribution in [0.5, 0.6) is 0 Å². The molecule has 3 nitrogen and oxygen atoms in total. The van der Waals surface area contributed by atoms with Crippen LogP contribution >= 0.6 is 0 Å². The molecule has 3 rings (SSSR count). The Morgan fingerprint density at radius 3 is 3.43 bits per heavy atom. The van der Waals surface area contributed by atoms with Gasteiger partial charge in [-0.15, -0.1) is 0 Å². The molecule has 14 heavy (non-hydrogen) atoms. The quantitative estimate of drug-likeness (QED) is 0.730. The van der Waals surface area contributed by atoms with Gasteiger partial charge in [-0.05, 0) is 12.5 Å². The van der Waals surface area contributed by atoms with Crippen LogP contribution in [0, 0.1) is 0 Å². The van der Waals surface area contributed by atoms with Crippen LogP contribution in [0.1, 0.15) is 25.1 Å². The van der Waals surface area contributed by atoms with Gasteiger partial charge in [0.05, 0.1) is 0 Å². The molecule has 3 heterocycles. The molecule has 1 atom stereocenters. The largest absolute Gasteiger partial charge is 0.364 e. The summed E-state index contributed by atoms with van der Waals surface area (Å²) in [5.41, 5.74) is 2.59. The second-order valence-corrected chi connectivity index (χ2v) is 3.79. The first-order chi connectivity index (χ1) is 6.90. The Kier molecular flexibility index (Phi) is 1.54. The number of hydrogen-bond donors (Lipinski definition) is 1. The van der Waals surface area contributed by atoms with Crippen molar-refractivity contribution in [3.05, 3.63) is 30.4 Å². The summed E-state index contributed by atoms with van der Waals surface area (Å²) in [5, 5.41) is 0. The van der Waals surface area contributed by atoms with Gasteiger partial charge in [0, 0.05) is 42.3 Å². The van der Waals surface area contributed by atoms with E-state index in [1.54, 1.807) is 0 Å².